The molecule has 1 N–H and O–H groups in total. The van der Waals surface area contributed by atoms with Gasteiger partial charge in [0.05, 0.1) is 0 Å². The van der Waals surface area contributed by atoms with Crippen LogP contribution in [0.2, 0.25) is 0 Å². The Morgan fingerprint density at radius 2 is 2.21 bits per heavy atom. The van der Waals surface area contributed by atoms with Gasteiger partial charge in [0.2, 0.25) is 0 Å². The zero-order valence-electron chi connectivity index (χ0n) is 11.6. The van der Waals surface area contributed by atoms with Gasteiger partial charge in [-0.3, -0.25) is 0 Å². The van der Waals surface area contributed by atoms with Crippen LogP contribution in [0.15, 0.2) is 39.0 Å². The highest BCUT2D eigenvalue weighted by atomic mass is 32.2. The van der Waals surface area contributed by atoms with Crippen molar-refractivity contribution in [3.8, 4) is 0 Å². The quantitative estimate of drug-likeness (QED) is 0.857. The Morgan fingerprint density at radius 1 is 1.37 bits per heavy atom. The van der Waals surface area contributed by atoms with E-state index in [0.29, 0.717) is 5.92 Å². The minimum absolute atomic E-state index is 0.695. The zero-order chi connectivity index (χ0) is 13.7. The molecule has 19 heavy (non-hydrogen) atoms. The molecule has 0 aliphatic rings. The molecule has 0 saturated heterocycles. The van der Waals surface area contributed by atoms with E-state index in [0.717, 1.165) is 17.4 Å². The highest BCUT2D eigenvalue weighted by molar-refractivity contribution is 8.01. The molecule has 2 aromatic rings. The van der Waals surface area contributed by atoms with Crippen molar-refractivity contribution in [2.75, 3.05) is 6.54 Å². The van der Waals surface area contributed by atoms with Crippen LogP contribution in [0.4, 0.5) is 0 Å². The van der Waals surface area contributed by atoms with Crippen LogP contribution in [0.5, 0.6) is 0 Å². The predicted molar refractivity (Wildman–Crippen MR) is 84.0 cm³/mol. The van der Waals surface area contributed by atoms with Gasteiger partial charge < -0.3 is 5.32 Å². The van der Waals surface area contributed by atoms with Crippen LogP contribution in [0.25, 0.3) is 0 Å². The summed E-state index contributed by atoms with van der Waals surface area (Å²) in [6.07, 6.45) is 1.85. The number of hydrogen-bond donors (Lipinski definition) is 1. The Morgan fingerprint density at radius 3 is 2.84 bits per heavy atom. The molecule has 1 aromatic carbocycles. The van der Waals surface area contributed by atoms with E-state index < -0.39 is 0 Å². The van der Waals surface area contributed by atoms with E-state index in [9.17, 15) is 0 Å². The number of rotatable bonds is 6. The first kappa shape index (κ1) is 14.6. The van der Waals surface area contributed by atoms with Crippen molar-refractivity contribution in [2.24, 2.45) is 5.92 Å². The number of thiazole rings is 1. The van der Waals surface area contributed by atoms with E-state index in [2.05, 4.69) is 49.3 Å². The zero-order valence-corrected chi connectivity index (χ0v) is 13.3. The summed E-state index contributed by atoms with van der Waals surface area (Å²) in [4.78, 5) is 5.61. The first-order chi connectivity index (χ1) is 9.15. The molecule has 0 saturated carbocycles. The van der Waals surface area contributed by atoms with Crippen LogP contribution < -0.4 is 5.32 Å². The fraction of sp³-hybridized carbons (Fsp3) is 0.400. The lowest BCUT2D eigenvalue weighted by atomic mass is 10.1. The van der Waals surface area contributed by atoms with Gasteiger partial charge in [-0.15, -0.1) is 11.3 Å². The molecule has 0 radical (unpaired) electrons. The summed E-state index contributed by atoms with van der Waals surface area (Å²) in [6, 6.07) is 6.67. The fourth-order valence-corrected chi connectivity index (χ4v) is 3.44. The van der Waals surface area contributed by atoms with Crippen LogP contribution in [-0.2, 0) is 6.54 Å². The van der Waals surface area contributed by atoms with E-state index in [1.165, 1.54) is 16.0 Å². The second-order valence-electron chi connectivity index (χ2n) is 5.02. The van der Waals surface area contributed by atoms with Crippen molar-refractivity contribution in [2.45, 2.75) is 36.6 Å². The largest absolute Gasteiger partial charge is 0.312 e. The van der Waals surface area contributed by atoms with Crippen molar-refractivity contribution in [1.29, 1.82) is 0 Å². The van der Waals surface area contributed by atoms with Gasteiger partial charge >= 0.3 is 0 Å². The molecule has 2 nitrogen and oxygen atoms in total. The van der Waals surface area contributed by atoms with Crippen molar-refractivity contribution < 1.29 is 0 Å². The van der Waals surface area contributed by atoms with Gasteiger partial charge in [0.1, 0.15) is 0 Å². The predicted octanol–water partition coefficient (Wildman–Crippen LogP) is 4.35. The average Bonchev–Trinajstić information content (AvgIpc) is 2.85. The molecule has 0 fully saturated rings. The number of nitrogens with zero attached hydrogens (tertiary/aromatic N) is 1. The third kappa shape index (κ3) is 4.64. The molecule has 0 spiro atoms. The molecule has 0 aliphatic carbocycles. The molecule has 2 rings (SSSR count). The van der Waals surface area contributed by atoms with E-state index in [4.69, 9.17) is 0 Å². The second kappa shape index (κ2) is 7.08. The first-order valence-corrected chi connectivity index (χ1v) is 8.22. The highest BCUT2D eigenvalue weighted by Gasteiger charge is 2.04. The lowest BCUT2D eigenvalue weighted by Gasteiger charge is -2.10. The number of nitrogens with one attached hydrogen (secondary N) is 1. The lowest BCUT2D eigenvalue weighted by molar-refractivity contribution is 0.552. The molecular formula is C15H20N2S2. The maximum Gasteiger partial charge on any atom is 0.154 e. The maximum atomic E-state index is 4.31. The normalized spacial score (nSPS) is 11.2. The molecule has 0 bridgehead atoms. The molecule has 1 aromatic heterocycles. The van der Waals surface area contributed by atoms with Crippen LogP contribution in [0.3, 0.4) is 0 Å². The second-order valence-corrected chi connectivity index (χ2v) is 7.21. The monoisotopic (exact) mass is 292 g/mol. The summed E-state index contributed by atoms with van der Waals surface area (Å²) in [7, 11) is 0. The number of benzene rings is 1. The van der Waals surface area contributed by atoms with Crippen molar-refractivity contribution in [3.05, 3.63) is 40.9 Å². The van der Waals surface area contributed by atoms with Gasteiger partial charge in [-0.1, -0.05) is 37.7 Å². The van der Waals surface area contributed by atoms with E-state index in [1.807, 2.05) is 11.6 Å². The van der Waals surface area contributed by atoms with Crippen LogP contribution in [-0.4, -0.2) is 11.5 Å². The number of aryl methyl sites for hydroxylation is 1. The van der Waals surface area contributed by atoms with Gasteiger partial charge in [-0.05, 0) is 36.6 Å². The summed E-state index contributed by atoms with van der Waals surface area (Å²) in [6.45, 7) is 8.63. The molecule has 0 aliphatic heterocycles. The molecular weight excluding hydrogens is 272 g/mol. The smallest absolute Gasteiger partial charge is 0.154 e. The average molecular weight is 292 g/mol. The van der Waals surface area contributed by atoms with Gasteiger partial charge in [0, 0.05) is 23.0 Å². The fourth-order valence-electron chi connectivity index (χ4n) is 1.80. The Kier molecular flexibility index (Phi) is 5.43. The summed E-state index contributed by atoms with van der Waals surface area (Å²) in [5.74, 6) is 0.695. The molecule has 0 atom stereocenters. The summed E-state index contributed by atoms with van der Waals surface area (Å²) < 4.78 is 1.11. The topological polar surface area (TPSA) is 24.9 Å². The van der Waals surface area contributed by atoms with Gasteiger partial charge in [-0.25, -0.2) is 4.98 Å². The van der Waals surface area contributed by atoms with Gasteiger partial charge in [0.15, 0.2) is 4.34 Å². The molecule has 0 amide bonds. The Balaban J connectivity index is 1.97. The summed E-state index contributed by atoms with van der Waals surface area (Å²) in [5, 5.41) is 5.49. The van der Waals surface area contributed by atoms with E-state index in [-0.39, 0.29) is 0 Å². The highest BCUT2D eigenvalue weighted by Crippen LogP contribution is 2.31. The summed E-state index contributed by atoms with van der Waals surface area (Å²) in [5.41, 5.74) is 2.67. The van der Waals surface area contributed by atoms with Crippen molar-refractivity contribution >= 4 is 23.1 Å². The molecule has 4 heteroatoms. The van der Waals surface area contributed by atoms with E-state index in [1.54, 1.807) is 23.1 Å². The van der Waals surface area contributed by atoms with Crippen LogP contribution in [0, 0.1) is 12.8 Å². The third-order valence-electron chi connectivity index (χ3n) is 2.73. The third-order valence-corrected chi connectivity index (χ3v) is 4.79. The Labute approximate surface area is 123 Å². The van der Waals surface area contributed by atoms with Crippen LogP contribution in [0.1, 0.15) is 25.0 Å². The maximum absolute atomic E-state index is 4.31. The lowest BCUT2D eigenvalue weighted by Crippen LogP contribution is -2.18. The Bertz CT molecular complexity index is 507. The number of hydrogen-bond acceptors (Lipinski definition) is 4. The summed E-state index contributed by atoms with van der Waals surface area (Å²) >= 11 is 3.43. The first-order valence-electron chi connectivity index (χ1n) is 6.52. The minimum Gasteiger partial charge on any atom is -0.312 e. The minimum atomic E-state index is 0.695. The standard InChI is InChI=1S/C15H20N2S2/c1-11(2)9-16-10-13-4-5-14(12(3)8-13)19-15-17-6-7-18-15/h4-8,11,16H,9-10H2,1-3H3. The number of aromatic nitrogens is 1. The van der Waals surface area contributed by atoms with Gasteiger partial charge in [-0.2, -0.15) is 0 Å². The van der Waals surface area contributed by atoms with Crippen molar-refractivity contribution in [3.63, 3.8) is 0 Å². The molecule has 102 valence electrons. The molecule has 1 heterocycles. The van der Waals surface area contributed by atoms with E-state index >= 15 is 0 Å². The van der Waals surface area contributed by atoms with Crippen LogP contribution >= 0.6 is 23.1 Å². The SMILES string of the molecule is Cc1cc(CNCC(C)C)ccc1Sc1nccs1. The van der Waals surface area contributed by atoms with Crippen molar-refractivity contribution in [1.82, 2.24) is 10.3 Å². The Hall–Kier alpha value is -0.840. The van der Waals surface area contributed by atoms with Gasteiger partial charge in [0.25, 0.3) is 0 Å². The molecule has 0 unspecified atom stereocenters.